The normalized spacial score (nSPS) is 15.4. The van der Waals surface area contributed by atoms with E-state index in [4.69, 9.17) is 16.3 Å². The molecule has 0 N–H and O–H groups in total. The summed E-state index contributed by atoms with van der Waals surface area (Å²) in [7, 11) is 0. The molecule has 3 nitrogen and oxygen atoms in total. The molecular weight excluding hydrogens is 306 g/mol. The van der Waals surface area contributed by atoms with Crippen molar-refractivity contribution >= 4 is 28.8 Å². The highest BCUT2D eigenvalue weighted by molar-refractivity contribution is 7.10. The molecule has 0 radical (unpaired) electrons. The van der Waals surface area contributed by atoms with Crippen molar-refractivity contribution in [2.45, 2.75) is 26.0 Å². The molecule has 2 aromatic rings. The van der Waals surface area contributed by atoms with E-state index in [1.165, 1.54) is 10.4 Å². The lowest BCUT2D eigenvalue weighted by atomic mass is 10.1. The summed E-state index contributed by atoms with van der Waals surface area (Å²) in [6.07, 6.45) is 0.443. The lowest BCUT2D eigenvalue weighted by molar-refractivity contribution is -0.138. The van der Waals surface area contributed by atoms with E-state index in [1.807, 2.05) is 4.90 Å². The van der Waals surface area contributed by atoms with Crippen molar-refractivity contribution < 1.29 is 9.53 Å². The van der Waals surface area contributed by atoms with Gasteiger partial charge in [-0.05, 0) is 54.6 Å². The molecular formula is C16H16ClNO2S. The number of nitrogens with zero attached hydrogens (tertiary/aromatic N) is 1. The first-order valence-corrected chi connectivity index (χ1v) is 8.15. The Morgan fingerprint density at radius 1 is 1.33 bits per heavy atom. The fraction of sp³-hybridized carbons (Fsp3) is 0.312. The van der Waals surface area contributed by atoms with Crippen LogP contribution in [-0.2, 0) is 17.8 Å². The van der Waals surface area contributed by atoms with Crippen LogP contribution in [0.2, 0.25) is 5.02 Å². The lowest BCUT2D eigenvalue weighted by Gasteiger charge is -2.29. The van der Waals surface area contributed by atoms with Crippen LogP contribution in [-0.4, -0.2) is 23.5 Å². The Morgan fingerprint density at radius 3 is 2.86 bits per heavy atom. The molecule has 1 atom stereocenters. The summed E-state index contributed by atoms with van der Waals surface area (Å²) in [5.41, 5.74) is 1.26. The molecule has 0 saturated heterocycles. The number of ether oxygens (including phenoxy) is 1. The van der Waals surface area contributed by atoms with Gasteiger partial charge in [0.25, 0.3) is 5.91 Å². The minimum absolute atomic E-state index is 0.0294. The van der Waals surface area contributed by atoms with Gasteiger partial charge in [0.1, 0.15) is 5.75 Å². The number of amides is 1. The van der Waals surface area contributed by atoms with Crippen molar-refractivity contribution in [2.24, 2.45) is 0 Å². The van der Waals surface area contributed by atoms with Gasteiger partial charge in [-0.3, -0.25) is 4.79 Å². The van der Waals surface area contributed by atoms with Gasteiger partial charge < -0.3 is 9.64 Å². The van der Waals surface area contributed by atoms with Gasteiger partial charge in [0.05, 0.1) is 0 Å². The molecule has 5 heteroatoms. The van der Waals surface area contributed by atoms with Gasteiger partial charge in [0.2, 0.25) is 0 Å². The van der Waals surface area contributed by atoms with E-state index in [-0.39, 0.29) is 5.91 Å². The Morgan fingerprint density at radius 2 is 2.10 bits per heavy atom. The van der Waals surface area contributed by atoms with Crippen LogP contribution in [0.1, 0.15) is 17.4 Å². The standard InChI is InChI=1S/C16H16ClNO2S/c1-11(20-14-4-2-13(17)3-5-14)16(19)18-8-6-15-12(10-18)7-9-21-15/h2-5,7,9,11H,6,8,10H2,1H3/t11-/m0/s1. The molecule has 21 heavy (non-hydrogen) atoms. The van der Waals surface area contributed by atoms with Crippen LogP contribution in [0, 0.1) is 0 Å². The molecule has 0 saturated carbocycles. The van der Waals surface area contributed by atoms with Crippen molar-refractivity contribution in [3.05, 3.63) is 51.2 Å². The highest BCUT2D eigenvalue weighted by Crippen LogP contribution is 2.25. The maximum Gasteiger partial charge on any atom is 0.263 e. The van der Waals surface area contributed by atoms with E-state index in [0.29, 0.717) is 17.3 Å². The number of thiophene rings is 1. The monoisotopic (exact) mass is 321 g/mol. The molecule has 0 unspecified atom stereocenters. The summed E-state index contributed by atoms with van der Waals surface area (Å²) in [4.78, 5) is 15.7. The number of hydrogen-bond donors (Lipinski definition) is 0. The van der Waals surface area contributed by atoms with Crippen LogP contribution in [0.25, 0.3) is 0 Å². The van der Waals surface area contributed by atoms with Crippen molar-refractivity contribution in [2.75, 3.05) is 6.54 Å². The predicted molar refractivity (Wildman–Crippen MR) is 85.0 cm³/mol. The molecule has 0 aliphatic carbocycles. The average Bonchev–Trinajstić information content (AvgIpc) is 2.96. The summed E-state index contributed by atoms with van der Waals surface area (Å²) in [5, 5.41) is 2.74. The molecule has 0 bridgehead atoms. The van der Waals surface area contributed by atoms with Crippen LogP contribution in [0.4, 0.5) is 0 Å². The number of halogens is 1. The zero-order valence-corrected chi connectivity index (χ0v) is 13.3. The zero-order valence-electron chi connectivity index (χ0n) is 11.7. The maximum absolute atomic E-state index is 12.5. The molecule has 1 aromatic carbocycles. The van der Waals surface area contributed by atoms with Crippen molar-refractivity contribution in [1.29, 1.82) is 0 Å². The van der Waals surface area contributed by atoms with E-state index < -0.39 is 6.10 Å². The highest BCUT2D eigenvalue weighted by Gasteiger charge is 2.26. The largest absolute Gasteiger partial charge is 0.481 e. The van der Waals surface area contributed by atoms with Gasteiger partial charge in [-0.25, -0.2) is 0 Å². The minimum Gasteiger partial charge on any atom is -0.481 e. The Balaban J connectivity index is 1.64. The first-order valence-electron chi connectivity index (χ1n) is 6.90. The third-order valence-electron chi connectivity index (χ3n) is 3.59. The molecule has 1 aromatic heterocycles. The Labute approximate surface area is 133 Å². The molecule has 1 aliphatic rings. The first-order chi connectivity index (χ1) is 10.1. The smallest absolute Gasteiger partial charge is 0.263 e. The van der Waals surface area contributed by atoms with Crippen molar-refractivity contribution in [3.8, 4) is 5.75 Å². The van der Waals surface area contributed by atoms with Gasteiger partial charge >= 0.3 is 0 Å². The summed E-state index contributed by atoms with van der Waals surface area (Å²) >= 11 is 7.61. The second-order valence-electron chi connectivity index (χ2n) is 5.09. The minimum atomic E-state index is -0.494. The summed E-state index contributed by atoms with van der Waals surface area (Å²) in [5.74, 6) is 0.690. The maximum atomic E-state index is 12.5. The third kappa shape index (κ3) is 3.22. The summed E-state index contributed by atoms with van der Waals surface area (Å²) in [6, 6.07) is 9.17. The second kappa shape index (κ2) is 6.08. The third-order valence-corrected chi connectivity index (χ3v) is 4.87. The zero-order chi connectivity index (χ0) is 14.8. The van der Waals surface area contributed by atoms with E-state index >= 15 is 0 Å². The molecule has 1 amide bonds. The van der Waals surface area contributed by atoms with Gasteiger partial charge in [0, 0.05) is 23.0 Å². The summed E-state index contributed by atoms with van der Waals surface area (Å²) in [6.45, 7) is 3.24. The molecule has 0 spiro atoms. The number of rotatable bonds is 3. The van der Waals surface area contributed by atoms with E-state index in [2.05, 4.69) is 11.4 Å². The first kappa shape index (κ1) is 14.4. The lowest BCUT2D eigenvalue weighted by Crippen LogP contribution is -2.42. The number of carbonyl (C=O) groups is 1. The fourth-order valence-corrected chi connectivity index (χ4v) is 3.48. The van der Waals surface area contributed by atoms with E-state index in [9.17, 15) is 4.79 Å². The predicted octanol–water partition coefficient (Wildman–Crippen LogP) is 3.75. The van der Waals surface area contributed by atoms with Gasteiger partial charge in [-0.15, -0.1) is 11.3 Å². The van der Waals surface area contributed by atoms with Gasteiger partial charge in [-0.1, -0.05) is 11.6 Å². The number of carbonyl (C=O) groups excluding carboxylic acids is 1. The summed E-state index contributed by atoms with van der Waals surface area (Å²) < 4.78 is 5.71. The number of benzene rings is 1. The van der Waals surface area contributed by atoms with Crippen molar-refractivity contribution in [1.82, 2.24) is 4.90 Å². The average molecular weight is 322 g/mol. The van der Waals surface area contributed by atoms with Crippen LogP contribution >= 0.6 is 22.9 Å². The Bertz CT molecular complexity index is 638. The quantitative estimate of drug-likeness (QED) is 0.861. The Hall–Kier alpha value is -1.52. The van der Waals surface area contributed by atoms with Gasteiger partial charge in [0.15, 0.2) is 6.10 Å². The molecule has 0 fully saturated rings. The highest BCUT2D eigenvalue weighted by atomic mass is 35.5. The van der Waals surface area contributed by atoms with Crippen LogP contribution in [0.15, 0.2) is 35.7 Å². The van der Waals surface area contributed by atoms with E-state index in [0.717, 1.165) is 13.0 Å². The molecule has 110 valence electrons. The van der Waals surface area contributed by atoms with Gasteiger partial charge in [-0.2, -0.15) is 0 Å². The van der Waals surface area contributed by atoms with E-state index in [1.54, 1.807) is 42.5 Å². The van der Waals surface area contributed by atoms with Crippen LogP contribution in [0.3, 0.4) is 0 Å². The molecule has 1 aliphatic heterocycles. The molecule has 3 rings (SSSR count). The fourth-order valence-electron chi connectivity index (χ4n) is 2.46. The molecule has 2 heterocycles. The second-order valence-corrected chi connectivity index (χ2v) is 6.53. The SMILES string of the molecule is C[C@H](Oc1ccc(Cl)cc1)C(=O)N1CCc2sccc2C1. The Kier molecular flexibility index (Phi) is 4.17. The topological polar surface area (TPSA) is 29.5 Å². The van der Waals surface area contributed by atoms with Crippen LogP contribution in [0.5, 0.6) is 5.75 Å². The number of fused-ring (bicyclic) bond motifs is 1. The van der Waals surface area contributed by atoms with Crippen molar-refractivity contribution in [3.63, 3.8) is 0 Å². The number of hydrogen-bond acceptors (Lipinski definition) is 3. The van der Waals surface area contributed by atoms with Crippen LogP contribution < -0.4 is 4.74 Å².